The van der Waals surface area contributed by atoms with Crippen LogP contribution in [0.25, 0.3) is 0 Å². The molecule has 4 nitrogen and oxygen atoms in total. The summed E-state index contributed by atoms with van der Waals surface area (Å²) in [6.45, 7) is 5.64. The van der Waals surface area contributed by atoms with Crippen molar-refractivity contribution in [1.29, 1.82) is 0 Å². The zero-order chi connectivity index (χ0) is 9.68. The van der Waals surface area contributed by atoms with Crippen molar-refractivity contribution >= 4 is 0 Å². The molecule has 0 aromatic rings. The number of hydrogen-bond acceptors (Lipinski definition) is 4. The van der Waals surface area contributed by atoms with Gasteiger partial charge in [-0.25, -0.2) is 0 Å². The van der Waals surface area contributed by atoms with Crippen LogP contribution in [-0.4, -0.2) is 39.3 Å². The highest BCUT2D eigenvalue weighted by atomic mass is 16.7. The summed E-state index contributed by atoms with van der Waals surface area (Å²) >= 11 is 0. The molecule has 4 heteroatoms. The van der Waals surface area contributed by atoms with Gasteiger partial charge in [-0.1, -0.05) is 6.58 Å². The predicted octanol–water partition coefficient (Wildman–Crippen LogP) is 0.279. The first kappa shape index (κ1) is 10.7. The Hall–Kier alpha value is -0.420. The summed E-state index contributed by atoms with van der Waals surface area (Å²) in [5.74, 6) is 0. The van der Waals surface area contributed by atoms with Crippen LogP contribution in [0.15, 0.2) is 12.2 Å². The molecule has 1 unspecified atom stereocenters. The van der Waals surface area contributed by atoms with E-state index in [0.29, 0.717) is 26.2 Å². The zero-order valence-corrected chi connectivity index (χ0v) is 7.99. The molecule has 1 rings (SSSR count). The van der Waals surface area contributed by atoms with Crippen molar-refractivity contribution in [1.82, 2.24) is 0 Å². The lowest BCUT2D eigenvalue weighted by molar-refractivity contribution is -0.0491. The molecule has 0 radical (unpaired) electrons. The minimum atomic E-state index is -0.163. The highest BCUT2D eigenvalue weighted by Gasteiger charge is 2.20. The zero-order valence-electron chi connectivity index (χ0n) is 7.99. The maximum Gasteiger partial charge on any atom is 0.159 e. The molecular weight excluding hydrogens is 170 g/mol. The first-order chi connectivity index (χ1) is 6.24. The van der Waals surface area contributed by atoms with Gasteiger partial charge in [-0.3, -0.25) is 0 Å². The first-order valence-electron chi connectivity index (χ1n) is 4.39. The van der Waals surface area contributed by atoms with Crippen LogP contribution in [0.2, 0.25) is 0 Å². The fourth-order valence-electron chi connectivity index (χ4n) is 1.21. The maximum absolute atomic E-state index is 5.84. The summed E-state index contributed by atoms with van der Waals surface area (Å²) < 4.78 is 15.5. The third kappa shape index (κ3) is 3.44. The van der Waals surface area contributed by atoms with E-state index in [0.717, 1.165) is 5.57 Å². The highest BCUT2D eigenvalue weighted by Crippen LogP contribution is 2.12. The van der Waals surface area contributed by atoms with E-state index in [9.17, 15) is 0 Å². The molecule has 1 atom stereocenters. The van der Waals surface area contributed by atoms with Crippen molar-refractivity contribution in [2.75, 3.05) is 26.9 Å². The average Bonchev–Trinajstić information content (AvgIpc) is 2.57. The first-order valence-corrected chi connectivity index (χ1v) is 4.39. The fourth-order valence-corrected chi connectivity index (χ4v) is 1.21. The standard InChI is InChI=1S/C9H17NO3/c1-7(6-11-2)8(10)5-9-12-3-4-13-9/h8-9H,1,3-6,10H2,2H3. The normalized spacial score (nSPS) is 20.5. The fraction of sp³-hybridized carbons (Fsp3) is 0.778. The van der Waals surface area contributed by atoms with Crippen LogP contribution in [0.4, 0.5) is 0 Å². The number of hydrogen-bond donors (Lipinski definition) is 1. The van der Waals surface area contributed by atoms with E-state index in [-0.39, 0.29) is 12.3 Å². The van der Waals surface area contributed by atoms with Gasteiger partial charge in [0.05, 0.1) is 19.8 Å². The Morgan fingerprint density at radius 3 is 2.77 bits per heavy atom. The Morgan fingerprint density at radius 2 is 2.23 bits per heavy atom. The van der Waals surface area contributed by atoms with E-state index in [4.69, 9.17) is 19.9 Å². The van der Waals surface area contributed by atoms with Gasteiger partial charge in [0.15, 0.2) is 6.29 Å². The van der Waals surface area contributed by atoms with Gasteiger partial charge in [0.2, 0.25) is 0 Å². The summed E-state index contributed by atoms with van der Waals surface area (Å²) in [6.07, 6.45) is 0.492. The summed E-state index contributed by atoms with van der Waals surface area (Å²) in [4.78, 5) is 0. The molecule has 1 aliphatic heterocycles. The van der Waals surface area contributed by atoms with Crippen molar-refractivity contribution in [2.24, 2.45) is 5.73 Å². The summed E-state index contributed by atoms with van der Waals surface area (Å²) in [5.41, 5.74) is 6.72. The summed E-state index contributed by atoms with van der Waals surface area (Å²) in [5, 5.41) is 0. The SMILES string of the molecule is C=C(COC)C(N)CC1OCCO1. The van der Waals surface area contributed by atoms with Crippen LogP contribution in [-0.2, 0) is 14.2 Å². The molecule has 0 amide bonds. The second-order valence-corrected chi connectivity index (χ2v) is 3.10. The average molecular weight is 187 g/mol. The van der Waals surface area contributed by atoms with Crippen LogP contribution >= 0.6 is 0 Å². The molecule has 0 aromatic carbocycles. The van der Waals surface area contributed by atoms with Crippen molar-refractivity contribution in [2.45, 2.75) is 18.8 Å². The molecule has 1 aliphatic rings. The molecular formula is C9H17NO3. The molecule has 0 bridgehead atoms. The molecule has 0 spiro atoms. The molecule has 0 saturated carbocycles. The maximum atomic E-state index is 5.84. The van der Waals surface area contributed by atoms with Crippen LogP contribution < -0.4 is 5.73 Å². The topological polar surface area (TPSA) is 53.7 Å². The van der Waals surface area contributed by atoms with Gasteiger partial charge in [-0.05, 0) is 5.57 Å². The minimum absolute atomic E-state index is 0.108. The Bertz CT molecular complexity index is 166. The van der Waals surface area contributed by atoms with E-state index in [1.54, 1.807) is 7.11 Å². The van der Waals surface area contributed by atoms with Crippen molar-refractivity contribution in [3.05, 3.63) is 12.2 Å². The Kier molecular flexibility index (Phi) is 4.38. The molecule has 0 aliphatic carbocycles. The molecule has 76 valence electrons. The predicted molar refractivity (Wildman–Crippen MR) is 49.3 cm³/mol. The van der Waals surface area contributed by atoms with Crippen LogP contribution in [0, 0.1) is 0 Å². The molecule has 0 aromatic heterocycles. The third-order valence-electron chi connectivity index (χ3n) is 1.99. The van der Waals surface area contributed by atoms with Crippen molar-refractivity contribution in [3.63, 3.8) is 0 Å². The largest absolute Gasteiger partial charge is 0.380 e. The monoisotopic (exact) mass is 187 g/mol. The van der Waals surface area contributed by atoms with E-state index in [1.807, 2.05) is 0 Å². The van der Waals surface area contributed by atoms with Crippen LogP contribution in [0.5, 0.6) is 0 Å². The highest BCUT2D eigenvalue weighted by molar-refractivity contribution is 5.04. The number of rotatable bonds is 5. The van der Waals surface area contributed by atoms with Gasteiger partial charge < -0.3 is 19.9 Å². The second-order valence-electron chi connectivity index (χ2n) is 3.10. The van der Waals surface area contributed by atoms with Gasteiger partial charge in [0, 0.05) is 19.6 Å². The van der Waals surface area contributed by atoms with E-state index in [1.165, 1.54) is 0 Å². The molecule has 2 N–H and O–H groups in total. The van der Waals surface area contributed by atoms with Gasteiger partial charge in [-0.15, -0.1) is 0 Å². The van der Waals surface area contributed by atoms with Crippen molar-refractivity contribution in [3.8, 4) is 0 Å². The molecule has 13 heavy (non-hydrogen) atoms. The quantitative estimate of drug-likeness (QED) is 0.628. The van der Waals surface area contributed by atoms with Gasteiger partial charge in [0.1, 0.15) is 0 Å². The van der Waals surface area contributed by atoms with E-state index >= 15 is 0 Å². The molecule has 1 heterocycles. The van der Waals surface area contributed by atoms with Gasteiger partial charge in [0.25, 0.3) is 0 Å². The lowest BCUT2D eigenvalue weighted by atomic mass is 10.1. The lowest BCUT2D eigenvalue weighted by Gasteiger charge is -2.17. The molecule has 1 fully saturated rings. The smallest absolute Gasteiger partial charge is 0.159 e. The Balaban J connectivity index is 2.22. The van der Waals surface area contributed by atoms with Gasteiger partial charge >= 0.3 is 0 Å². The van der Waals surface area contributed by atoms with Crippen LogP contribution in [0.1, 0.15) is 6.42 Å². The van der Waals surface area contributed by atoms with Crippen LogP contribution in [0.3, 0.4) is 0 Å². The Labute approximate surface area is 78.6 Å². The second kappa shape index (κ2) is 5.34. The van der Waals surface area contributed by atoms with E-state index in [2.05, 4.69) is 6.58 Å². The summed E-state index contributed by atoms with van der Waals surface area (Å²) in [6, 6.07) is -0.108. The number of nitrogens with two attached hydrogens (primary N) is 1. The van der Waals surface area contributed by atoms with Crippen molar-refractivity contribution < 1.29 is 14.2 Å². The lowest BCUT2D eigenvalue weighted by Crippen LogP contribution is -2.29. The van der Waals surface area contributed by atoms with Gasteiger partial charge in [-0.2, -0.15) is 0 Å². The number of methoxy groups -OCH3 is 1. The minimum Gasteiger partial charge on any atom is -0.380 e. The molecule has 1 saturated heterocycles. The number of ether oxygens (including phenoxy) is 3. The van der Waals surface area contributed by atoms with E-state index < -0.39 is 0 Å². The summed E-state index contributed by atoms with van der Waals surface area (Å²) in [7, 11) is 1.63. The third-order valence-corrected chi connectivity index (χ3v) is 1.99. The Morgan fingerprint density at radius 1 is 1.62 bits per heavy atom.